The molecule has 22 heavy (non-hydrogen) atoms. The Bertz CT molecular complexity index is 696. The van der Waals surface area contributed by atoms with E-state index in [0.717, 1.165) is 5.56 Å². The SMILES string of the molecule is COC(=O)NN=Cc1c(C)nn(Cc2ccc(Cl)cc2)c1Cl. The molecule has 0 aliphatic rings. The van der Waals surface area contributed by atoms with Crippen LogP contribution in [0.15, 0.2) is 29.4 Å². The number of hydrogen-bond acceptors (Lipinski definition) is 4. The molecular weight excluding hydrogens is 327 g/mol. The van der Waals surface area contributed by atoms with E-state index in [0.29, 0.717) is 28.0 Å². The van der Waals surface area contributed by atoms with Gasteiger partial charge in [0.15, 0.2) is 0 Å². The number of carbonyl (C=O) groups excluding carboxylic acids is 1. The van der Waals surface area contributed by atoms with Crippen LogP contribution >= 0.6 is 23.2 Å². The molecule has 116 valence electrons. The summed E-state index contributed by atoms with van der Waals surface area (Å²) in [5.74, 6) is 0. The molecule has 0 aliphatic carbocycles. The lowest BCUT2D eigenvalue weighted by Gasteiger charge is -2.03. The lowest BCUT2D eigenvalue weighted by atomic mass is 10.2. The third-order valence-corrected chi connectivity index (χ3v) is 3.54. The van der Waals surface area contributed by atoms with E-state index < -0.39 is 6.09 Å². The zero-order chi connectivity index (χ0) is 16.1. The van der Waals surface area contributed by atoms with E-state index >= 15 is 0 Å². The van der Waals surface area contributed by atoms with Crippen molar-refractivity contribution in [3.63, 3.8) is 0 Å². The van der Waals surface area contributed by atoms with Crippen LogP contribution in [0.4, 0.5) is 4.79 Å². The second-order valence-electron chi connectivity index (χ2n) is 4.44. The number of aryl methyl sites for hydroxylation is 1. The predicted molar refractivity (Wildman–Crippen MR) is 85.7 cm³/mol. The minimum Gasteiger partial charge on any atom is -0.452 e. The van der Waals surface area contributed by atoms with Gasteiger partial charge in [-0.25, -0.2) is 14.9 Å². The maximum Gasteiger partial charge on any atom is 0.427 e. The van der Waals surface area contributed by atoms with Gasteiger partial charge in [0.2, 0.25) is 0 Å². The minimum absolute atomic E-state index is 0.433. The summed E-state index contributed by atoms with van der Waals surface area (Å²) in [6.07, 6.45) is 0.776. The number of benzene rings is 1. The first-order valence-electron chi connectivity index (χ1n) is 6.35. The number of ether oxygens (including phenoxy) is 1. The highest BCUT2D eigenvalue weighted by atomic mass is 35.5. The van der Waals surface area contributed by atoms with Gasteiger partial charge in [-0.05, 0) is 24.6 Å². The van der Waals surface area contributed by atoms with E-state index in [4.69, 9.17) is 23.2 Å². The summed E-state index contributed by atoms with van der Waals surface area (Å²) in [5.41, 5.74) is 4.55. The van der Waals surface area contributed by atoms with Crippen molar-refractivity contribution in [3.05, 3.63) is 51.3 Å². The first-order chi connectivity index (χ1) is 10.5. The summed E-state index contributed by atoms with van der Waals surface area (Å²) >= 11 is 12.2. The molecule has 0 fully saturated rings. The molecule has 0 bridgehead atoms. The van der Waals surface area contributed by atoms with Gasteiger partial charge >= 0.3 is 6.09 Å². The highest BCUT2D eigenvalue weighted by Crippen LogP contribution is 2.19. The topological polar surface area (TPSA) is 68.5 Å². The number of nitrogens with zero attached hydrogens (tertiary/aromatic N) is 3. The van der Waals surface area contributed by atoms with Gasteiger partial charge in [0.05, 0.1) is 31.1 Å². The maximum atomic E-state index is 10.9. The molecule has 6 nitrogen and oxygen atoms in total. The second-order valence-corrected chi connectivity index (χ2v) is 5.23. The standard InChI is InChI=1S/C14H14Cl2N4O2/c1-9-12(7-17-18-14(21)22-2)13(16)20(19-9)8-10-3-5-11(15)6-4-10/h3-7H,8H2,1-2H3,(H,18,21). The van der Waals surface area contributed by atoms with Crippen LogP contribution < -0.4 is 5.43 Å². The molecule has 0 radical (unpaired) electrons. The van der Waals surface area contributed by atoms with Crippen molar-refractivity contribution in [2.24, 2.45) is 5.10 Å². The zero-order valence-electron chi connectivity index (χ0n) is 12.0. The number of halogens is 2. The van der Waals surface area contributed by atoms with Crippen LogP contribution in [0.1, 0.15) is 16.8 Å². The van der Waals surface area contributed by atoms with E-state index in [1.165, 1.54) is 13.3 Å². The molecule has 0 saturated heterocycles. The van der Waals surface area contributed by atoms with Crippen LogP contribution in [-0.4, -0.2) is 29.2 Å². The van der Waals surface area contributed by atoms with Crippen molar-refractivity contribution in [1.29, 1.82) is 0 Å². The van der Waals surface area contributed by atoms with Crippen LogP contribution in [0.2, 0.25) is 10.2 Å². The largest absolute Gasteiger partial charge is 0.452 e. The Hall–Kier alpha value is -2.05. The molecule has 1 amide bonds. The Kier molecular flexibility index (Phi) is 5.41. The van der Waals surface area contributed by atoms with Crippen molar-refractivity contribution < 1.29 is 9.53 Å². The van der Waals surface area contributed by atoms with E-state index in [9.17, 15) is 4.79 Å². The number of nitrogens with one attached hydrogen (secondary N) is 1. The quantitative estimate of drug-likeness (QED) is 0.686. The number of hydrogen-bond donors (Lipinski definition) is 1. The lowest BCUT2D eigenvalue weighted by Crippen LogP contribution is -2.16. The summed E-state index contributed by atoms with van der Waals surface area (Å²) < 4.78 is 6.07. The third kappa shape index (κ3) is 3.99. The Morgan fingerprint density at radius 1 is 1.41 bits per heavy atom. The van der Waals surface area contributed by atoms with E-state index in [-0.39, 0.29) is 0 Å². The number of amides is 1. The molecule has 1 heterocycles. The van der Waals surface area contributed by atoms with Gasteiger partial charge < -0.3 is 4.74 Å². The van der Waals surface area contributed by atoms with Gasteiger partial charge in [-0.3, -0.25) is 0 Å². The predicted octanol–water partition coefficient (Wildman–Crippen LogP) is 3.24. The molecule has 0 unspecified atom stereocenters. The van der Waals surface area contributed by atoms with Crippen LogP contribution in [0.25, 0.3) is 0 Å². The van der Waals surface area contributed by atoms with E-state index in [1.807, 2.05) is 31.2 Å². The fraction of sp³-hybridized carbons (Fsp3) is 0.214. The Morgan fingerprint density at radius 3 is 2.73 bits per heavy atom. The van der Waals surface area contributed by atoms with Gasteiger partial charge in [-0.2, -0.15) is 10.2 Å². The summed E-state index contributed by atoms with van der Waals surface area (Å²) in [5, 5.41) is 9.23. The van der Waals surface area contributed by atoms with Gasteiger partial charge in [0.1, 0.15) is 5.15 Å². The summed E-state index contributed by atoms with van der Waals surface area (Å²) in [4.78, 5) is 10.9. The van der Waals surface area contributed by atoms with Crippen LogP contribution in [0.3, 0.4) is 0 Å². The summed E-state index contributed by atoms with van der Waals surface area (Å²) in [6, 6.07) is 7.43. The van der Waals surface area contributed by atoms with Gasteiger partial charge in [0, 0.05) is 5.02 Å². The molecule has 8 heteroatoms. The average Bonchev–Trinajstić information content (AvgIpc) is 2.76. The molecule has 0 spiro atoms. The molecule has 1 aromatic carbocycles. The van der Waals surface area contributed by atoms with Gasteiger partial charge in [-0.15, -0.1) is 0 Å². The third-order valence-electron chi connectivity index (χ3n) is 2.89. The zero-order valence-corrected chi connectivity index (χ0v) is 13.5. The summed E-state index contributed by atoms with van der Waals surface area (Å²) in [7, 11) is 1.26. The molecule has 1 aromatic heterocycles. The fourth-order valence-corrected chi connectivity index (χ4v) is 2.19. The van der Waals surface area contributed by atoms with E-state index in [2.05, 4.69) is 20.4 Å². The first kappa shape index (κ1) is 16.3. The molecule has 1 N–H and O–H groups in total. The van der Waals surface area contributed by atoms with Crippen molar-refractivity contribution in [3.8, 4) is 0 Å². The van der Waals surface area contributed by atoms with Crippen LogP contribution in [0, 0.1) is 6.92 Å². The minimum atomic E-state index is -0.654. The molecular formula is C14H14Cl2N4O2. The number of aromatic nitrogens is 2. The van der Waals surface area contributed by atoms with Crippen molar-refractivity contribution in [2.45, 2.75) is 13.5 Å². The number of methoxy groups -OCH3 is 1. The first-order valence-corrected chi connectivity index (χ1v) is 7.11. The average molecular weight is 341 g/mol. The number of carbonyl (C=O) groups is 1. The second kappa shape index (κ2) is 7.29. The normalized spacial score (nSPS) is 10.9. The molecule has 2 aromatic rings. The van der Waals surface area contributed by atoms with Gasteiger partial charge in [0.25, 0.3) is 0 Å². The highest BCUT2D eigenvalue weighted by Gasteiger charge is 2.12. The van der Waals surface area contributed by atoms with E-state index in [1.54, 1.807) is 4.68 Å². The Morgan fingerprint density at radius 2 is 2.09 bits per heavy atom. The number of hydrazone groups is 1. The van der Waals surface area contributed by atoms with Crippen LogP contribution in [-0.2, 0) is 11.3 Å². The van der Waals surface area contributed by atoms with Crippen LogP contribution in [0.5, 0.6) is 0 Å². The molecule has 2 rings (SSSR count). The highest BCUT2D eigenvalue weighted by molar-refractivity contribution is 6.32. The molecule has 0 saturated carbocycles. The monoisotopic (exact) mass is 340 g/mol. The number of rotatable bonds is 4. The Balaban J connectivity index is 2.16. The van der Waals surface area contributed by atoms with Crippen molar-refractivity contribution in [2.75, 3.05) is 7.11 Å². The Labute approximate surface area is 137 Å². The van der Waals surface area contributed by atoms with Gasteiger partial charge in [-0.1, -0.05) is 35.3 Å². The molecule has 0 aliphatic heterocycles. The summed E-state index contributed by atoms with van der Waals surface area (Å²) in [6.45, 7) is 2.32. The fourth-order valence-electron chi connectivity index (χ4n) is 1.78. The van der Waals surface area contributed by atoms with Crippen molar-refractivity contribution in [1.82, 2.24) is 15.2 Å². The van der Waals surface area contributed by atoms with Crippen molar-refractivity contribution >= 4 is 35.5 Å². The lowest BCUT2D eigenvalue weighted by molar-refractivity contribution is 0.171. The smallest absolute Gasteiger partial charge is 0.427 e. The maximum absolute atomic E-state index is 10.9. The molecule has 0 atom stereocenters.